The van der Waals surface area contributed by atoms with Crippen molar-refractivity contribution in [1.82, 2.24) is 4.72 Å². The van der Waals surface area contributed by atoms with Gasteiger partial charge in [-0.2, -0.15) is 13.2 Å². The first-order valence-electron chi connectivity index (χ1n) is 4.83. The molecule has 17 heavy (non-hydrogen) atoms. The Balaban J connectivity index is 3.70. The van der Waals surface area contributed by atoms with E-state index in [1.807, 2.05) is 0 Å². The number of unbranched alkanes of at least 4 members (excludes halogenated alkanes) is 2. The maximum absolute atomic E-state index is 11.8. The number of carbonyl (C=O) groups excluding carboxylic acids is 1. The smallest absolute Gasteiger partial charge is 0.469 e. The van der Waals surface area contributed by atoms with Crippen molar-refractivity contribution in [2.75, 3.05) is 13.7 Å². The Morgan fingerprint density at radius 1 is 1.24 bits per heavy atom. The second-order valence-corrected chi connectivity index (χ2v) is 4.99. The molecule has 0 aliphatic heterocycles. The van der Waals surface area contributed by atoms with Crippen LogP contribution in [0.4, 0.5) is 13.2 Å². The van der Waals surface area contributed by atoms with Crippen LogP contribution in [0.1, 0.15) is 25.7 Å². The Hall–Kier alpha value is -0.830. The standard InChI is InChI=1S/C8H14F3NO4S/c1-16-7(13)5-3-2-4-6-12-17(14,15)8(9,10)11/h12H,2-6H2,1H3. The third-order valence-corrected chi connectivity index (χ3v) is 3.08. The van der Waals surface area contributed by atoms with Crippen LogP contribution < -0.4 is 4.72 Å². The molecule has 0 spiro atoms. The summed E-state index contributed by atoms with van der Waals surface area (Å²) in [5.74, 6) is -0.402. The summed E-state index contributed by atoms with van der Waals surface area (Å²) in [7, 11) is -4.01. The van der Waals surface area contributed by atoms with Gasteiger partial charge in [-0.05, 0) is 12.8 Å². The fraction of sp³-hybridized carbons (Fsp3) is 0.875. The monoisotopic (exact) mass is 277 g/mol. The first-order chi connectivity index (χ1) is 7.70. The molecule has 0 aromatic carbocycles. The summed E-state index contributed by atoms with van der Waals surface area (Å²) in [5, 5.41) is 0. The van der Waals surface area contributed by atoms with E-state index in [4.69, 9.17) is 0 Å². The van der Waals surface area contributed by atoms with Gasteiger partial charge >= 0.3 is 21.5 Å². The van der Waals surface area contributed by atoms with E-state index in [2.05, 4.69) is 4.74 Å². The fourth-order valence-corrected chi connectivity index (χ4v) is 1.54. The van der Waals surface area contributed by atoms with E-state index in [0.29, 0.717) is 12.8 Å². The van der Waals surface area contributed by atoms with E-state index in [-0.39, 0.29) is 19.4 Å². The minimum absolute atomic E-state index is 0.169. The molecular formula is C8H14F3NO4S. The molecule has 0 fully saturated rings. The van der Waals surface area contributed by atoms with Crippen molar-refractivity contribution in [2.24, 2.45) is 0 Å². The molecule has 0 unspecified atom stereocenters. The van der Waals surface area contributed by atoms with Crippen LogP contribution in [0.15, 0.2) is 0 Å². The van der Waals surface area contributed by atoms with Crippen molar-refractivity contribution >= 4 is 16.0 Å². The van der Waals surface area contributed by atoms with Crippen molar-refractivity contribution < 1.29 is 31.1 Å². The first-order valence-corrected chi connectivity index (χ1v) is 6.32. The molecule has 0 bridgehead atoms. The van der Waals surface area contributed by atoms with E-state index in [9.17, 15) is 26.4 Å². The highest BCUT2D eigenvalue weighted by atomic mass is 32.2. The average molecular weight is 277 g/mol. The SMILES string of the molecule is COC(=O)CCCCCNS(=O)(=O)C(F)(F)F. The molecule has 0 aliphatic rings. The van der Waals surface area contributed by atoms with Crippen LogP contribution in [-0.2, 0) is 19.6 Å². The Labute approximate surface area is 97.4 Å². The molecule has 0 radical (unpaired) electrons. The van der Waals surface area contributed by atoms with E-state index in [1.165, 1.54) is 11.8 Å². The molecule has 0 saturated carbocycles. The van der Waals surface area contributed by atoms with Gasteiger partial charge in [0.2, 0.25) is 0 Å². The van der Waals surface area contributed by atoms with Crippen LogP contribution in [0.25, 0.3) is 0 Å². The Morgan fingerprint density at radius 2 is 1.82 bits per heavy atom. The molecule has 0 saturated heterocycles. The molecule has 102 valence electrons. The number of alkyl halides is 3. The molecule has 0 atom stereocenters. The van der Waals surface area contributed by atoms with Crippen molar-refractivity contribution in [2.45, 2.75) is 31.2 Å². The van der Waals surface area contributed by atoms with Gasteiger partial charge in [0.1, 0.15) is 0 Å². The molecular weight excluding hydrogens is 263 g/mol. The second-order valence-electron chi connectivity index (χ2n) is 3.23. The van der Waals surface area contributed by atoms with Crippen LogP contribution in [-0.4, -0.2) is 33.5 Å². The van der Waals surface area contributed by atoms with Crippen molar-refractivity contribution in [1.29, 1.82) is 0 Å². The third-order valence-electron chi connectivity index (χ3n) is 1.88. The van der Waals surface area contributed by atoms with E-state index in [0.717, 1.165) is 0 Å². The number of hydrogen-bond donors (Lipinski definition) is 1. The zero-order valence-electron chi connectivity index (χ0n) is 9.21. The first kappa shape index (κ1) is 16.2. The van der Waals surface area contributed by atoms with Crippen molar-refractivity contribution in [3.05, 3.63) is 0 Å². The number of sulfonamides is 1. The highest BCUT2D eigenvalue weighted by Crippen LogP contribution is 2.21. The molecule has 0 aliphatic carbocycles. The minimum Gasteiger partial charge on any atom is -0.469 e. The third kappa shape index (κ3) is 6.47. The summed E-state index contributed by atoms with van der Waals surface area (Å²) in [6.45, 7) is -0.303. The van der Waals surface area contributed by atoms with Gasteiger partial charge in [0, 0.05) is 13.0 Å². The van der Waals surface area contributed by atoms with Crippen molar-refractivity contribution in [3.8, 4) is 0 Å². The summed E-state index contributed by atoms with van der Waals surface area (Å²) in [6, 6.07) is 0. The van der Waals surface area contributed by atoms with Gasteiger partial charge in [-0.3, -0.25) is 4.79 Å². The highest BCUT2D eigenvalue weighted by molar-refractivity contribution is 7.90. The highest BCUT2D eigenvalue weighted by Gasteiger charge is 2.45. The lowest BCUT2D eigenvalue weighted by molar-refractivity contribution is -0.140. The van der Waals surface area contributed by atoms with Gasteiger partial charge in [0.05, 0.1) is 7.11 Å². The Morgan fingerprint density at radius 3 is 2.29 bits per heavy atom. The normalized spacial score (nSPS) is 12.5. The number of esters is 1. The quantitative estimate of drug-likeness (QED) is 0.560. The van der Waals surface area contributed by atoms with Crippen LogP contribution in [0, 0.1) is 0 Å². The predicted molar refractivity (Wildman–Crippen MR) is 53.5 cm³/mol. The van der Waals surface area contributed by atoms with Gasteiger partial charge in [-0.1, -0.05) is 6.42 Å². The number of rotatable bonds is 7. The van der Waals surface area contributed by atoms with Crippen LogP contribution in [0.2, 0.25) is 0 Å². The molecule has 9 heteroatoms. The lowest BCUT2D eigenvalue weighted by Crippen LogP contribution is -2.36. The summed E-state index contributed by atoms with van der Waals surface area (Å²) >= 11 is 0. The number of hydrogen-bond acceptors (Lipinski definition) is 4. The molecule has 0 aromatic rings. The van der Waals surface area contributed by atoms with Gasteiger partial charge < -0.3 is 4.74 Å². The van der Waals surface area contributed by atoms with E-state index >= 15 is 0 Å². The topological polar surface area (TPSA) is 72.5 Å². The number of nitrogens with one attached hydrogen (secondary N) is 1. The van der Waals surface area contributed by atoms with Gasteiger partial charge in [0.15, 0.2) is 0 Å². The van der Waals surface area contributed by atoms with Crippen LogP contribution in [0.5, 0.6) is 0 Å². The van der Waals surface area contributed by atoms with Crippen LogP contribution in [0.3, 0.4) is 0 Å². The molecule has 0 heterocycles. The largest absolute Gasteiger partial charge is 0.511 e. The molecule has 5 nitrogen and oxygen atoms in total. The lowest BCUT2D eigenvalue weighted by Gasteiger charge is -2.08. The lowest BCUT2D eigenvalue weighted by atomic mass is 10.2. The van der Waals surface area contributed by atoms with Gasteiger partial charge in [-0.15, -0.1) is 0 Å². The van der Waals surface area contributed by atoms with E-state index in [1.54, 1.807) is 0 Å². The zero-order valence-corrected chi connectivity index (χ0v) is 10.0. The number of carbonyl (C=O) groups is 1. The second kappa shape index (κ2) is 6.80. The minimum atomic E-state index is -5.28. The zero-order chi connectivity index (χ0) is 13.5. The summed E-state index contributed by atoms with van der Waals surface area (Å²) in [6.07, 6.45) is 1.28. The summed E-state index contributed by atoms with van der Waals surface area (Å²) in [4.78, 5) is 10.7. The average Bonchev–Trinajstić information content (AvgIpc) is 2.21. The van der Waals surface area contributed by atoms with Gasteiger partial charge in [0.25, 0.3) is 0 Å². The summed E-state index contributed by atoms with van der Waals surface area (Å²) < 4.78 is 62.4. The van der Waals surface area contributed by atoms with Crippen molar-refractivity contribution in [3.63, 3.8) is 0 Å². The van der Waals surface area contributed by atoms with E-state index < -0.39 is 21.5 Å². The maximum Gasteiger partial charge on any atom is 0.511 e. The molecule has 0 aromatic heterocycles. The molecule has 0 amide bonds. The molecule has 0 rings (SSSR count). The fourth-order valence-electron chi connectivity index (χ4n) is 0.962. The Kier molecular flexibility index (Phi) is 6.46. The number of halogens is 3. The van der Waals surface area contributed by atoms with Gasteiger partial charge in [-0.25, -0.2) is 13.1 Å². The number of methoxy groups -OCH3 is 1. The Bertz CT molecular complexity index is 339. The maximum atomic E-state index is 11.8. The molecule has 1 N–H and O–H groups in total. The number of ether oxygens (including phenoxy) is 1. The predicted octanol–water partition coefficient (Wildman–Crippen LogP) is 1.16. The summed E-state index contributed by atoms with van der Waals surface area (Å²) in [5.41, 5.74) is -5.28. The van der Waals surface area contributed by atoms with Crippen LogP contribution >= 0.6 is 0 Å².